The van der Waals surface area contributed by atoms with Crippen LogP contribution in [-0.4, -0.2) is 12.2 Å². The fraction of sp³-hybridized carbons (Fsp3) is 0.857. The molecule has 0 atom stereocenters. The van der Waals surface area contributed by atoms with Crippen LogP contribution in [0, 0.1) is 11.3 Å². The average molecular weight is 179 g/mol. The number of carbonyl (C=O) groups excluding carboxylic acids is 1. The Labute approximate surface area is 67.1 Å². The van der Waals surface area contributed by atoms with E-state index < -0.39 is 17.6 Å². The molecule has 0 spiro atoms. The third-order valence-electron chi connectivity index (χ3n) is 2.78. The summed E-state index contributed by atoms with van der Waals surface area (Å²) in [5.74, 6) is -0.318. The first-order valence-corrected chi connectivity index (χ1v) is 3.81. The van der Waals surface area contributed by atoms with Gasteiger partial charge in [-0.05, 0) is 25.2 Å². The minimum atomic E-state index is -4.56. The summed E-state index contributed by atoms with van der Waals surface area (Å²) < 4.78 is 35.0. The molecule has 1 N–H and O–H groups in total. The van der Waals surface area contributed by atoms with E-state index in [0.29, 0.717) is 25.2 Å². The molecular formula is C7H8F3NO. The van der Waals surface area contributed by atoms with Gasteiger partial charge in [0, 0.05) is 0 Å². The van der Waals surface area contributed by atoms with Crippen molar-refractivity contribution in [1.82, 2.24) is 5.32 Å². The van der Waals surface area contributed by atoms with E-state index in [4.69, 9.17) is 0 Å². The Morgan fingerprint density at radius 2 is 1.83 bits per heavy atom. The minimum Gasteiger partial charge on any atom is -0.274 e. The molecule has 0 radical (unpaired) electrons. The van der Waals surface area contributed by atoms with E-state index >= 15 is 0 Å². The summed E-state index contributed by atoms with van der Waals surface area (Å²) >= 11 is 0. The molecule has 1 amide bonds. The molecular weight excluding hydrogens is 171 g/mol. The molecule has 3 rings (SSSR count). The van der Waals surface area contributed by atoms with Gasteiger partial charge in [0.2, 0.25) is 5.91 Å². The highest BCUT2D eigenvalue weighted by molar-refractivity contribution is 5.85. The summed E-state index contributed by atoms with van der Waals surface area (Å²) in [4.78, 5) is 11.0. The van der Waals surface area contributed by atoms with Crippen LogP contribution < -0.4 is 5.32 Å². The smallest absolute Gasteiger partial charge is 0.274 e. The maximum absolute atomic E-state index is 11.7. The highest BCUT2D eigenvalue weighted by Crippen LogP contribution is 2.64. The van der Waals surface area contributed by atoms with Gasteiger partial charge in [-0.3, -0.25) is 10.1 Å². The molecule has 0 aromatic rings. The van der Waals surface area contributed by atoms with E-state index in [0.717, 1.165) is 5.32 Å². The molecule has 3 aliphatic carbocycles. The van der Waals surface area contributed by atoms with E-state index in [1.54, 1.807) is 0 Å². The predicted molar refractivity (Wildman–Crippen MR) is 34.0 cm³/mol. The van der Waals surface area contributed by atoms with Gasteiger partial charge in [-0.15, -0.1) is 0 Å². The Balaban J connectivity index is 1.93. The predicted octanol–water partition coefficient (Wildman–Crippen LogP) is 1.42. The van der Waals surface area contributed by atoms with Crippen LogP contribution >= 0.6 is 0 Å². The number of nitrogens with one attached hydrogen (secondary N) is 1. The van der Waals surface area contributed by atoms with Gasteiger partial charge in [0.1, 0.15) is 0 Å². The van der Waals surface area contributed by atoms with E-state index in [9.17, 15) is 18.0 Å². The molecule has 0 aromatic carbocycles. The molecule has 0 heterocycles. The molecule has 2 nitrogen and oxygen atoms in total. The lowest BCUT2D eigenvalue weighted by Gasteiger charge is -2.60. The van der Waals surface area contributed by atoms with Crippen molar-refractivity contribution in [3.63, 3.8) is 0 Å². The molecule has 0 aromatic heterocycles. The second-order valence-corrected chi connectivity index (χ2v) is 3.71. The van der Waals surface area contributed by atoms with E-state index in [1.165, 1.54) is 0 Å². The minimum absolute atomic E-state index is 0.518. The number of hydrogen-bond donors (Lipinski definition) is 1. The first-order chi connectivity index (χ1) is 5.41. The Morgan fingerprint density at radius 3 is 2.08 bits per heavy atom. The summed E-state index contributed by atoms with van der Waals surface area (Å²) in [6.07, 6.45) is -2.62. The zero-order valence-electron chi connectivity index (χ0n) is 6.24. The lowest BCUT2D eigenvalue weighted by atomic mass is 9.44. The quantitative estimate of drug-likeness (QED) is 0.606. The number of alkyl halides is 3. The first-order valence-electron chi connectivity index (χ1n) is 3.81. The number of halogens is 3. The molecule has 0 saturated heterocycles. The van der Waals surface area contributed by atoms with Gasteiger partial charge in [-0.1, -0.05) is 0 Å². The average Bonchev–Trinajstić information content (AvgIpc) is 1.45. The summed E-state index contributed by atoms with van der Waals surface area (Å²) in [5.41, 5.74) is -0.639. The number of hydrogen-bond acceptors (Lipinski definition) is 1. The van der Waals surface area contributed by atoms with Crippen LogP contribution in [0.25, 0.3) is 0 Å². The highest BCUT2D eigenvalue weighted by Gasteiger charge is 2.62. The maximum Gasteiger partial charge on any atom is 0.484 e. The monoisotopic (exact) mass is 179 g/mol. The van der Waals surface area contributed by atoms with Gasteiger partial charge in [-0.25, -0.2) is 0 Å². The van der Waals surface area contributed by atoms with Crippen LogP contribution in [0.5, 0.6) is 0 Å². The molecule has 0 aliphatic heterocycles. The van der Waals surface area contributed by atoms with Crippen molar-refractivity contribution < 1.29 is 18.0 Å². The largest absolute Gasteiger partial charge is 0.484 e. The topological polar surface area (TPSA) is 29.1 Å². The summed E-state index contributed by atoms with van der Waals surface area (Å²) in [5, 5.41) is 1.06. The standard InChI is InChI=1S/C7H8F3NO/c8-7(9,10)11-5(12)6-1-4(2-6)3-6/h4H,1-3H2,(H,11,12). The van der Waals surface area contributed by atoms with Crippen LogP contribution in [0.3, 0.4) is 0 Å². The second-order valence-electron chi connectivity index (χ2n) is 3.71. The van der Waals surface area contributed by atoms with Gasteiger partial charge < -0.3 is 0 Å². The number of rotatable bonds is 1. The lowest BCUT2D eigenvalue weighted by Crippen LogP contribution is -2.62. The Hall–Kier alpha value is -0.740. The molecule has 5 heteroatoms. The second kappa shape index (κ2) is 1.95. The molecule has 3 saturated carbocycles. The number of carbonyl (C=O) groups is 1. The first kappa shape index (κ1) is 7.89. The summed E-state index contributed by atoms with van der Waals surface area (Å²) in [6, 6.07) is 0. The third-order valence-corrected chi connectivity index (χ3v) is 2.78. The van der Waals surface area contributed by atoms with Crippen molar-refractivity contribution in [3.05, 3.63) is 0 Å². The van der Waals surface area contributed by atoms with Crippen LogP contribution in [0.4, 0.5) is 13.2 Å². The summed E-state index contributed by atoms with van der Waals surface area (Å²) in [6.45, 7) is 0. The fourth-order valence-electron chi connectivity index (χ4n) is 2.02. The van der Waals surface area contributed by atoms with Gasteiger partial charge in [0.05, 0.1) is 5.41 Å². The molecule has 0 unspecified atom stereocenters. The Kier molecular flexibility index (Phi) is 1.28. The zero-order valence-corrected chi connectivity index (χ0v) is 6.24. The van der Waals surface area contributed by atoms with Gasteiger partial charge in [-0.2, -0.15) is 13.2 Å². The number of amides is 1. The van der Waals surface area contributed by atoms with E-state index in [-0.39, 0.29) is 0 Å². The summed E-state index contributed by atoms with van der Waals surface area (Å²) in [7, 11) is 0. The van der Waals surface area contributed by atoms with Crippen molar-refractivity contribution in [2.75, 3.05) is 0 Å². The van der Waals surface area contributed by atoms with Gasteiger partial charge in [0.15, 0.2) is 0 Å². The van der Waals surface area contributed by atoms with Crippen molar-refractivity contribution in [3.8, 4) is 0 Å². The van der Waals surface area contributed by atoms with Crippen LogP contribution in [-0.2, 0) is 4.79 Å². The zero-order chi connectivity index (χ0) is 8.98. The normalized spacial score (nSPS) is 38.1. The molecule has 3 fully saturated rings. The Morgan fingerprint density at radius 1 is 1.33 bits per heavy atom. The lowest BCUT2D eigenvalue weighted by molar-refractivity contribution is -0.196. The van der Waals surface area contributed by atoms with Gasteiger partial charge in [0.25, 0.3) is 0 Å². The third kappa shape index (κ3) is 0.990. The molecule has 3 aliphatic rings. The molecule has 2 bridgehead atoms. The SMILES string of the molecule is O=C(NC(F)(F)F)C12CC(C1)C2. The van der Waals surface area contributed by atoms with Crippen LogP contribution in [0.15, 0.2) is 0 Å². The maximum atomic E-state index is 11.7. The highest BCUT2D eigenvalue weighted by atomic mass is 19.4. The molecule has 12 heavy (non-hydrogen) atoms. The van der Waals surface area contributed by atoms with Gasteiger partial charge >= 0.3 is 6.30 Å². The van der Waals surface area contributed by atoms with Crippen molar-refractivity contribution in [2.24, 2.45) is 11.3 Å². The molecule has 68 valence electrons. The van der Waals surface area contributed by atoms with E-state index in [2.05, 4.69) is 0 Å². The fourth-order valence-corrected chi connectivity index (χ4v) is 2.02. The van der Waals surface area contributed by atoms with Crippen molar-refractivity contribution in [1.29, 1.82) is 0 Å². The van der Waals surface area contributed by atoms with E-state index in [1.807, 2.05) is 0 Å². The van der Waals surface area contributed by atoms with Crippen LogP contribution in [0.2, 0.25) is 0 Å². The van der Waals surface area contributed by atoms with Crippen LogP contribution in [0.1, 0.15) is 19.3 Å². The van der Waals surface area contributed by atoms with Crippen molar-refractivity contribution >= 4 is 5.91 Å². The van der Waals surface area contributed by atoms with Crippen molar-refractivity contribution in [2.45, 2.75) is 25.6 Å². The Bertz CT molecular complexity index is 218.